The highest BCUT2D eigenvalue weighted by Crippen LogP contribution is 2.28. The number of nitrogens with one attached hydrogen (secondary N) is 2. The fourth-order valence-electron chi connectivity index (χ4n) is 2.17. The summed E-state index contributed by atoms with van der Waals surface area (Å²) in [6, 6.07) is 10.3. The molecule has 0 aliphatic carbocycles. The van der Waals surface area contributed by atoms with Crippen LogP contribution < -0.4 is 20.3 Å². The Labute approximate surface area is 151 Å². The molecule has 0 saturated carbocycles. The molecule has 0 aliphatic heterocycles. The Morgan fingerprint density at radius 3 is 2.42 bits per heavy atom. The van der Waals surface area contributed by atoms with Gasteiger partial charge in [0.2, 0.25) is 5.91 Å². The summed E-state index contributed by atoms with van der Waals surface area (Å²) in [4.78, 5) is 24.0. The summed E-state index contributed by atoms with van der Waals surface area (Å²) in [7, 11) is 1.49. The Hall–Kier alpha value is -3.09. The second-order valence-corrected chi connectivity index (χ2v) is 5.52. The van der Waals surface area contributed by atoms with Crippen LogP contribution in [0.25, 0.3) is 0 Å². The van der Waals surface area contributed by atoms with Gasteiger partial charge in [0.25, 0.3) is 5.91 Å². The maximum atomic E-state index is 12.8. The van der Waals surface area contributed by atoms with Crippen molar-refractivity contribution in [1.29, 1.82) is 0 Å². The maximum absolute atomic E-state index is 12.8. The van der Waals surface area contributed by atoms with Gasteiger partial charge in [0.15, 0.2) is 11.5 Å². The maximum Gasteiger partial charge on any atom is 0.269 e. The minimum atomic E-state index is -0.488. The third kappa shape index (κ3) is 5.47. The van der Waals surface area contributed by atoms with Gasteiger partial charge in [0.1, 0.15) is 5.82 Å². The molecule has 0 fully saturated rings. The van der Waals surface area contributed by atoms with Crippen LogP contribution in [0.3, 0.4) is 0 Å². The Morgan fingerprint density at radius 2 is 1.77 bits per heavy atom. The lowest BCUT2D eigenvalue weighted by Crippen LogP contribution is -2.42. The quantitative estimate of drug-likeness (QED) is 0.744. The first kappa shape index (κ1) is 19.2. The predicted molar refractivity (Wildman–Crippen MR) is 94.5 cm³/mol. The van der Waals surface area contributed by atoms with Crippen LogP contribution in [0.4, 0.5) is 4.39 Å². The highest BCUT2D eigenvalue weighted by atomic mass is 19.1. The zero-order valence-electron chi connectivity index (χ0n) is 14.7. The second-order valence-electron chi connectivity index (χ2n) is 5.52. The summed E-state index contributed by atoms with van der Waals surface area (Å²) in [6.07, 6.45) is 0.874. The molecule has 0 bridgehead atoms. The first-order chi connectivity index (χ1) is 12.5. The summed E-state index contributed by atoms with van der Waals surface area (Å²) in [5.74, 6) is -0.296. The number of ether oxygens (including phenoxy) is 2. The summed E-state index contributed by atoms with van der Waals surface area (Å²) in [5, 5.41) is 0. The van der Waals surface area contributed by atoms with Crippen molar-refractivity contribution in [1.82, 2.24) is 10.9 Å². The zero-order chi connectivity index (χ0) is 18.9. The molecule has 2 rings (SSSR count). The van der Waals surface area contributed by atoms with E-state index in [9.17, 15) is 14.0 Å². The van der Waals surface area contributed by atoms with Crippen molar-refractivity contribution < 1.29 is 23.5 Å². The number of carbonyl (C=O) groups excluding carboxylic acids is 2. The molecular formula is C19H21FN2O4. The molecule has 7 heteroatoms. The molecule has 2 amide bonds. The Kier molecular flexibility index (Phi) is 6.96. The van der Waals surface area contributed by atoms with Gasteiger partial charge in [-0.2, -0.15) is 0 Å². The third-order valence-corrected chi connectivity index (χ3v) is 3.48. The highest BCUT2D eigenvalue weighted by Gasteiger charge is 2.12. The number of amides is 2. The van der Waals surface area contributed by atoms with Gasteiger partial charge in [0.05, 0.1) is 20.1 Å². The molecular weight excluding hydrogens is 339 g/mol. The first-order valence-electron chi connectivity index (χ1n) is 8.18. The van der Waals surface area contributed by atoms with Crippen LogP contribution in [0.1, 0.15) is 29.3 Å². The molecule has 0 saturated heterocycles. The molecule has 0 aliphatic rings. The number of carbonyl (C=O) groups is 2. The van der Waals surface area contributed by atoms with Crippen molar-refractivity contribution in [3.63, 3.8) is 0 Å². The van der Waals surface area contributed by atoms with E-state index in [2.05, 4.69) is 10.9 Å². The fourth-order valence-corrected chi connectivity index (χ4v) is 2.17. The number of hydrogen-bond donors (Lipinski definition) is 2. The molecule has 0 atom stereocenters. The second kappa shape index (κ2) is 9.41. The fraction of sp³-hybridized carbons (Fsp3) is 0.263. The Balaban J connectivity index is 1.92. The smallest absolute Gasteiger partial charge is 0.269 e. The minimum Gasteiger partial charge on any atom is -0.493 e. The van der Waals surface area contributed by atoms with E-state index in [0.29, 0.717) is 29.2 Å². The molecule has 0 spiro atoms. The Bertz CT molecular complexity index is 763. The van der Waals surface area contributed by atoms with Crippen molar-refractivity contribution >= 4 is 11.8 Å². The zero-order valence-corrected chi connectivity index (χ0v) is 14.7. The van der Waals surface area contributed by atoms with Gasteiger partial charge in [-0.1, -0.05) is 19.1 Å². The third-order valence-electron chi connectivity index (χ3n) is 3.48. The lowest BCUT2D eigenvalue weighted by Gasteiger charge is -2.12. The van der Waals surface area contributed by atoms with E-state index in [1.165, 1.54) is 37.4 Å². The van der Waals surface area contributed by atoms with E-state index >= 15 is 0 Å². The minimum absolute atomic E-state index is 0.0215. The summed E-state index contributed by atoms with van der Waals surface area (Å²) in [5.41, 5.74) is 5.61. The van der Waals surface area contributed by atoms with Crippen LogP contribution in [0, 0.1) is 5.82 Å². The lowest BCUT2D eigenvalue weighted by atomic mass is 10.1. The van der Waals surface area contributed by atoms with E-state index < -0.39 is 11.8 Å². The molecule has 2 aromatic carbocycles. The molecule has 6 nitrogen and oxygen atoms in total. The number of methoxy groups -OCH3 is 1. The summed E-state index contributed by atoms with van der Waals surface area (Å²) >= 11 is 0. The molecule has 0 radical (unpaired) electrons. The van der Waals surface area contributed by atoms with Gasteiger partial charge in [-0.05, 0) is 42.3 Å². The van der Waals surface area contributed by atoms with Crippen LogP contribution in [-0.4, -0.2) is 25.5 Å². The average molecular weight is 360 g/mol. The molecule has 0 heterocycles. The molecule has 138 valence electrons. The van der Waals surface area contributed by atoms with E-state index in [1.54, 1.807) is 12.1 Å². The van der Waals surface area contributed by atoms with Crippen molar-refractivity contribution in [2.75, 3.05) is 13.7 Å². The molecule has 26 heavy (non-hydrogen) atoms. The summed E-state index contributed by atoms with van der Waals surface area (Å²) in [6.45, 7) is 2.53. The first-order valence-corrected chi connectivity index (χ1v) is 8.18. The van der Waals surface area contributed by atoms with Crippen LogP contribution in [0.5, 0.6) is 11.5 Å². The van der Waals surface area contributed by atoms with Crippen molar-refractivity contribution in [3.05, 3.63) is 59.4 Å². The SMILES string of the molecule is CCCOc1ccc(C(=O)NNC(=O)Cc2ccc(F)cc2)cc1OC. The van der Waals surface area contributed by atoms with Gasteiger partial charge >= 0.3 is 0 Å². The van der Waals surface area contributed by atoms with Gasteiger partial charge in [-0.3, -0.25) is 20.4 Å². The lowest BCUT2D eigenvalue weighted by molar-refractivity contribution is -0.121. The standard InChI is InChI=1S/C19H21FN2O4/c1-3-10-26-16-9-6-14(12-17(16)25-2)19(24)22-21-18(23)11-13-4-7-15(20)8-5-13/h4-9,12H,3,10-11H2,1-2H3,(H,21,23)(H,22,24). The normalized spacial score (nSPS) is 10.1. The van der Waals surface area contributed by atoms with Crippen LogP contribution in [0.15, 0.2) is 42.5 Å². The monoisotopic (exact) mass is 360 g/mol. The molecule has 2 aromatic rings. The largest absolute Gasteiger partial charge is 0.493 e. The van der Waals surface area contributed by atoms with E-state index in [1.807, 2.05) is 6.92 Å². The van der Waals surface area contributed by atoms with Gasteiger partial charge in [0, 0.05) is 5.56 Å². The highest BCUT2D eigenvalue weighted by molar-refractivity contribution is 5.96. The van der Waals surface area contributed by atoms with Gasteiger partial charge < -0.3 is 9.47 Å². The van der Waals surface area contributed by atoms with Crippen molar-refractivity contribution in [2.45, 2.75) is 19.8 Å². The van der Waals surface area contributed by atoms with Crippen molar-refractivity contribution in [2.24, 2.45) is 0 Å². The number of hydrazine groups is 1. The van der Waals surface area contributed by atoms with E-state index in [-0.39, 0.29) is 12.2 Å². The van der Waals surface area contributed by atoms with E-state index in [4.69, 9.17) is 9.47 Å². The van der Waals surface area contributed by atoms with Crippen molar-refractivity contribution in [3.8, 4) is 11.5 Å². The number of rotatable bonds is 7. The average Bonchev–Trinajstić information content (AvgIpc) is 2.66. The topological polar surface area (TPSA) is 76.7 Å². The number of halogens is 1. The number of benzene rings is 2. The number of hydrogen-bond acceptors (Lipinski definition) is 4. The summed E-state index contributed by atoms with van der Waals surface area (Å²) < 4.78 is 23.6. The van der Waals surface area contributed by atoms with Crippen LogP contribution in [0.2, 0.25) is 0 Å². The molecule has 0 aromatic heterocycles. The van der Waals surface area contributed by atoms with Crippen LogP contribution in [-0.2, 0) is 11.2 Å². The Morgan fingerprint density at radius 1 is 1.04 bits per heavy atom. The van der Waals surface area contributed by atoms with Gasteiger partial charge in [-0.25, -0.2) is 4.39 Å². The predicted octanol–water partition coefficient (Wildman–Crippen LogP) is 2.63. The molecule has 2 N–H and O–H groups in total. The molecule has 0 unspecified atom stereocenters. The van der Waals surface area contributed by atoms with Crippen LogP contribution >= 0.6 is 0 Å². The van der Waals surface area contributed by atoms with Gasteiger partial charge in [-0.15, -0.1) is 0 Å². The van der Waals surface area contributed by atoms with E-state index in [0.717, 1.165) is 6.42 Å².